The first-order valence-electron chi connectivity index (χ1n) is 9.30. The number of piperidine rings is 1. The van der Waals surface area contributed by atoms with Crippen molar-refractivity contribution < 1.29 is 5.11 Å². The zero-order valence-corrected chi connectivity index (χ0v) is 16.6. The molecular weight excluding hydrogens is 334 g/mol. The maximum atomic E-state index is 9.84. The van der Waals surface area contributed by atoms with Crippen molar-refractivity contribution in [2.45, 2.75) is 38.3 Å². The van der Waals surface area contributed by atoms with Crippen LogP contribution in [-0.4, -0.2) is 78.4 Å². The third-order valence-electron chi connectivity index (χ3n) is 5.09. The summed E-state index contributed by atoms with van der Waals surface area (Å²) in [6.45, 7) is 4.94. The molecule has 0 spiro atoms. The molecule has 1 N–H and O–H groups in total. The van der Waals surface area contributed by atoms with Crippen molar-refractivity contribution in [1.29, 1.82) is 0 Å². The van der Waals surface area contributed by atoms with E-state index in [1.54, 1.807) is 0 Å². The van der Waals surface area contributed by atoms with Crippen LogP contribution in [0.1, 0.15) is 30.5 Å². The molecule has 1 fully saturated rings. The van der Waals surface area contributed by atoms with Crippen LogP contribution in [0.15, 0.2) is 0 Å². The van der Waals surface area contributed by atoms with Crippen LogP contribution in [0.25, 0.3) is 0 Å². The summed E-state index contributed by atoms with van der Waals surface area (Å²) in [7, 11) is 4.01. The van der Waals surface area contributed by atoms with Crippen LogP contribution >= 0.6 is 11.8 Å². The van der Waals surface area contributed by atoms with Crippen molar-refractivity contribution in [1.82, 2.24) is 14.9 Å². The zero-order chi connectivity index (χ0) is 17.8. The molecule has 0 radical (unpaired) electrons. The van der Waals surface area contributed by atoms with E-state index in [-0.39, 0.29) is 6.10 Å². The van der Waals surface area contributed by atoms with Gasteiger partial charge in [-0.3, -0.25) is 4.90 Å². The minimum atomic E-state index is -0.162. The van der Waals surface area contributed by atoms with Gasteiger partial charge in [-0.2, -0.15) is 16.7 Å². The number of fused-ring (bicyclic) bond motifs is 1. The summed E-state index contributed by atoms with van der Waals surface area (Å²) < 4.78 is 0. The fourth-order valence-electron chi connectivity index (χ4n) is 3.60. The molecule has 7 heteroatoms. The summed E-state index contributed by atoms with van der Waals surface area (Å²) in [5.41, 5.74) is 2.51. The molecule has 0 aromatic carbocycles. The Morgan fingerprint density at radius 1 is 1.20 bits per heavy atom. The SMILES string of the molecule is CSCCCN1CCc2nc(N(C)C)nc(N3CCC(O)CC3)c2C1. The summed E-state index contributed by atoms with van der Waals surface area (Å²) in [6.07, 6.45) is 5.90. The van der Waals surface area contributed by atoms with Gasteiger partial charge in [0.1, 0.15) is 5.82 Å². The van der Waals surface area contributed by atoms with Gasteiger partial charge in [-0.25, -0.2) is 4.98 Å². The maximum absolute atomic E-state index is 9.84. The molecule has 3 rings (SSSR count). The van der Waals surface area contributed by atoms with Crippen molar-refractivity contribution in [2.75, 3.05) is 62.1 Å². The second-order valence-electron chi connectivity index (χ2n) is 7.26. The van der Waals surface area contributed by atoms with Crippen molar-refractivity contribution in [3.63, 3.8) is 0 Å². The van der Waals surface area contributed by atoms with Crippen LogP contribution in [0, 0.1) is 0 Å². The van der Waals surface area contributed by atoms with Crippen LogP contribution in [-0.2, 0) is 13.0 Å². The maximum Gasteiger partial charge on any atom is 0.227 e. The highest BCUT2D eigenvalue weighted by atomic mass is 32.2. The first-order valence-corrected chi connectivity index (χ1v) is 10.7. The predicted molar refractivity (Wildman–Crippen MR) is 106 cm³/mol. The molecule has 1 saturated heterocycles. The Hall–Kier alpha value is -1.05. The van der Waals surface area contributed by atoms with Gasteiger partial charge in [-0.1, -0.05) is 0 Å². The normalized spacial score (nSPS) is 19.1. The van der Waals surface area contributed by atoms with E-state index in [4.69, 9.17) is 9.97 Å². The quantitative estimate of drug-likeness (QED) is 0.769. The second-order valence-corrected chi connectivity index (χ2v) is 8.24. The third-order valence-corrected chi connectivity index (χ3v) is 5.79. The van der Waals surface area contributed by atoms with Crippen LogP contribution < -0.4 is 9.80 Å². The number of aromatic nitrogens is 2. The number of aliphatic hydroxyl groups excluding tert-OH is 1. The molecule has 2 aliphatic heterocycles. The Labute approximate surface area is 155 Å². The Morgan fingerprint density at radius 3 is 2.64 bits per heavy atom. The summed E-state index contributed by atoms with van der Waals surface area (Å²) in [4.78, 5) is 16.6. The van der Waals surface area contributed by atoms with Gasteiger partial charge in [0.25, 0.3) is 0 Å². The monoisotopic (exact) mass is 365 g/mol. The summed E-state index contributed by atoms with van der Waals surface area (Å²) in [5, 5.41) is 9.84. The van der Waals surface area contributed by atoms with Crippen LogP contribution in [0.4, 0.5) is 11.8 Å². The highest BCUT2D eigenvalue weighted by Gasteiger charge is 2.27. The molecule has 0 bridgehead atoms. The molecule has 0 aliphatic carbocycles. The molecular formula is C18H31N5OS. The van der Waals surface area contributed by atoms with Crippen LogP contribution in [0.3, 0.4) is 0 Å². The fraction of sp³-hybridized carbons (Fsp3) is 0.778. The van der Waals surface area contributed by atoms with E-state index in [1.807, 2.05) is 30.8 Å². The highest BCUT2D eigenvalue weighted by molar-refractivity contribution is 7.98. The van der Waals surface area contributed by atoms with Gasteiger partial charge < -0.3 is 14.9 Å². The van der Waals surface area contributed by atoms with E-state index in [0.29, 0.717) is 0 Å². The number of anilines is 2. The van der Waals surface area contributed by atoms with E-state index in [9.17, 15) is 5.11 Å². The molecule has 2 aliphatic rings. The Morgan fingerprint density at radius 2 is 1.96 bits per heavy atom. The minimum Gasteiger partial charge on any atom is -0.393 e. The first kappa shape index (κ1) is 18.7. The van der Waals surface area contributed by atoms with Gasteiger partial charge in [-0.05, 0) is 37.8 Å². The lowest BCUT2D eigenvalue weighted by atomic mass is 10.0. The molecule has 0 unspecified atom stereocenters. The number of hydrogen-bond donors (Lipinski definition) is 1. The number of hydrogen-bond acceptors (Lipinski definition) is 7. The van der Waals surface area contributed by atoms with Crippen molar-refractivity contribution in [2.24, 2.45) is 0 Å². The smallest absolute Gasteiger partial charge is 0.227 e. The van der Waals surface area contributed by atoms with E-state index in [0.717, 1.165) is 63.8 Å². The van der Waals surface area contributed by atoms with E-state index in [2.05, 4.69) is 16.1 Å². The first-order chi connectivity index (χ1) is 12.1. The number of aliphatic hydroxyl groups is 1. The van der Waals surface area contributed by atoms with Crippen LogP contribution in [0.5, 0.6) is 0 Å². The topological polar surface area (TPSA) is 55.7 Å². The average molecular weight is 366 g/mol. The Balaban J connectivity index is 1.84. The van der Waals surface area contributed by atoms with E-state index in [1.165, 1.54) is 23.4 Å². The molecule has 1 aromatic rings. The minimum absolute atomic E-state index is 0.162. The van der Waals surface area contributed by atoms with Gasteiger partial charge in [0.15, 0.2) is 0 Å². The highest BCUT2D eigenvalue weighted by Crippen LogP contribution is 2.30. The zero-order valence-electron chi connectivity index (χ0n) is 15.7. The number of rotatable bonds is 6. The Bertz CT molecular complexity index is 575. The molecule has 25 heavy (non-hydrogen) atoms. The van der Waals surface area contributed by atoms with E-state index < -0.39 is 0 Å². The molecule has 0 saturated carbocycles. The second kappa shape index (κ2) is 8.56. The summed E-state index contributed by atoms with van der Waals surface area (Å²) in [6, 6.07) is 0. The lowest BCUT2D eigenvalue weighted by molar-refractivity contribution is 0.145. The average Bonchev–Trinajstić information content (AvgIpc) is 2.61. The third kappa shape index (κ3) is 4.57. The fourth-order valence-corrected chi connectivity index (χ4v) is 4.02. The van der Waals surface area contributed by atoms with Crippen molar-refractivity contribution >= 4 is 23.5 Å². The standard InChI is InChI=1S/C18H31N5OS/c1-21(2)18-19-16-7-9-22(8-4-12-25-3)13-15(16)17(20-18)23-10-5-14(24)6-11-23/h14,24H,4-13H2,1-3H3. The molecule has 1 aromatic heterocycles. The lowest BCUT2D eigenvalue weighted by Gasteiger charge is -2.36. The van der Waals surface area contributed by atoms with E-state index >= 15 is 0 Å². The van der Waals surface area contributed by atoms with Gasteiger partial charge in [0.2, 0.25) is 5.95 Å². The lowest BCUT2D eigenvalue weighted by Crippen LogP contribution is -2.40. The van der Waals surface area contributed by atoms with Gasteiger partial charge in [0.05, 0.1) is 11.8 Å². The molecule has 0 atom stereocenters. The van der Waals surface area contributed by atoms with Crippen LogP contribution in [0.2, 0.25) is 0 Å². The number of nitrogens with zero attached hydrogens (tertiary/aromatic N) is 5. The number of thioether (sulfide) groups is 1. The Kier molecular flexibility index (Phi) is 6.41. The predicted octanol–water partition coefficient (Wildman–Crippen LogP) is 1.61. The van der Waals surface area contributed by atoms with Gasteiger partial charge >= 0.3 is 0 Å². The molecule has 3 heterocycles. The van der Waals surface area contributed by atoms with Gasteiger partial charge in [-0.15, -0.1) is 0 Å². The largest absolute Gasteiger partial charge is 0.393 e. The summed E-state index contributed by atoms with van der Waals surface area (Å²) in [5.74, 6) is 3.11. The van der Waals surface area contributed by atoms with Crippen molar-refractivity contribution in [3.8, 4) is 0 Å². The summed E-state index contributed by atoms with van der Waals surface area (Å²) >= 11 is 1.92. The van der Waals surface area contributed by atoms with Gasteiger partial charge in [0, 0.05) is 52.3 Å². The molecule has 6 nitrogen and oxygen atoms in total. The van der Waals surface area contributed by atoms with Crippen molar-refractivity contribution in [3.05, 3.63) is 11.3 Å². The molecule has 0 amide bonds. The molecule has 140 valence electrons.